The number of hydrogen-bond donors (Lipinski definition) is 0. The number of esters is 1. The summed E-state index contributed by atoms with van der Waals surface area (Å²) in [5, 5.41) is 1.02. The minimum atomic E-state index is -2.21. The van der Waals surface area contributed by atoms with Crippen LogP contribution in [0.5, 0.6) is 11.5 Å². The van der Waals surface area contributed by atoms with E-state index in [1.807, 2.05) is 20.8 Å². The van der Waals surface area contributed by atoms with Crippen LogP contribution in [0.1, 0.15) is 98.5 Å². The molecule has 9 heteroatoms. The molecule has 3 rings (SSSR count). The first kappa shape index (κ1) is 33.6. The van der Waals surface area contributed by atoms with Gasteiger partial charge in [0.25, 0.3) is 0 Å². The van der Waals surface area contributed by atoms with Crippen molar-refractivity contribution >= 4 is 25.6 Å². The lowest BCUT2D eigenvalue weighted by atomic mass is 9.98. The number of thiazole rings is 1. The third-order valence-electron chi connectivity index (χ3n) is 8.82. The van der Waals surface area contributed by atoms with E-state index in [0.29, 0.717) is 0 Å². The first-order valence-corrected chi connectivity index (χ1v) is 18.5. The SMILES string of the molecule is COC(=O)C(C)c1nc(CC[C@H](OC2CCCC2)[C@H](O[Si](C)(C)C(C)(C)C)c2cc(OC)c(C)c(OC)c2)sc1C. The summed E-state index contributed by atoms with van der Waals surface area (Å²) in [7, 11) is 2.60. The molecular weight excluding hydrogens is 555 g/mol. The van der Waals surface area contributed by atoms with Crippen LogP contribution in [-0.4, -0.2) is 52.8 Å². The Hall–Kier alpha value is -1.94. The molecule has 0 amide bonds. The van der Waals surface area contributed by atoms with Gasteiger partial charge in [0.2, 0.25) is 0 Å². The molecule has 1 aliphatic rings. The second-order valence-electron chi connectivity index (χ2n) is 12.8. The van der Waals surface area contributed by atoms with E-state index < -0.39 is 14.2 Å². The van der Waals surface area contributed by atoms with Crippen molar-refractivity contribution in [3.8, 4) is 11.5 Å². The van der Waals surface area contributed by atoms with E-state index in [4.69, 9.17) is 28.4 Å². The van der Waals surface area contributed by atoms with Gasteiger partial charge < -0.3 is 23.4 Å². The van der Waals surface area contributed by atoms with E-state index in [1.165, 1.54) is 20.0 Å². The lowest BCUT2D eigenvalue weighted by molar-refractivity contribution is -0.142. The van der Waals surface area contributed by atoms with Gasteiger partial charge in [-0.25, -0.2) is 4.98 Å². The van der Waals surface area contributed by atoms with Gasteiger partial charge in [-0.1, -0.05) is 33.6 Å². The number of hydrogen-bond acceptors (Lipinski definition) is 8. The normalized spacial score (nSPS) is 16.9. The Morgan fingerprint density at radius 2 is 1.66 bits per heavy atom. The molecule has 1 aromatic carbocycles. The van der Waals surface area contributed by atoms with Crippen molar-refractivity contribution < 1.29 is 28.2 Å². The number of aromatic nitrogens is 1. The maximum Gasteiger partial charge on any atom is 0.314 e. The largest absolute Gasteiger partial charge is 0.496 e. The fraction of sp³-hybridized carbons (Fsp3) is 0.688. The van der Waals surface area contributed by atoms with Crippen LogP contribution >= 0.6 is 11.3 Å². The lowest BCUT2D eigenvalue weighted by Gasteiger charge is -2.42. The summed E-state index contributed by atoms with van der Waals surface area (Å²) in [6.07, 6.45) is 5.73. The molecule has 41 heavy (non-hydrogen) atoms. The number of carbonyl (C=O) groups excluding carboxylic acids is 1. The summed E-state index contributed by atoms with van der Waals surface area (Å²) in [5.74, 6) is 0.898. The van der Waals surface area contributed by atoms with E-state index in [1.54, 1.807) is 25.6 Å². The highest BCUT2D eigenvalue weighted by Crippen LogP contribution is 2.44. The molecule has 7 nitrogen and oxygen atoms in total. The molecule has 230 valence electrons. The highest BCUT2D eigenvalue weighted by Gasteiger charge is 2.42. The van der Waals surface area contributed by atoms with Gasteiger partial charge in [-0.05, 0) is 75.9 Å². The van der Waals surface area contributed by atoms with E-state index in [9.17, 15) is 4.79 Å². The third-order valence-corrected chi connectivity index (χ3v) is 14.3. The van der Waals surface area contributed by atoms with E-state index in [-0.39, 0.29) is 29.3 Å². The molecule has 2 aromatic rings. The summed E-state index contributed by atoms with van der Waals surface area (Å²) in [5.41, 5.74) is 2.77. The Bertz CT molecular complexity index is 1140. The summed E-state index contributed by atoms with van der Waals surface area (Å²) >= 11 is 1.65. The summed E-state index contributed by atoms with van der Waals surface area (Å²) in [4.78, 5) is 18.1. The van der Waals surface area contributed by atoms with Crippen LogP contribution in [-0.2, 0) is 25.1 Å². The zero-order valence-electron chi connectivity index (χ0n) is 27.0. The van der Waals surface area contributed by atoms with Crippen molar-refractivity contribution in [2.24, 2.45) is 0 Å². The smallest absolute Gasteiger partial charge is 0.314 e. The van der Waals surface area contributed by atoms with Crippen molar-refractivity contribution in [3.05, 3.63) is 38.8 Å². The third kappa shape index (κ3) is 8.12. The quantitative estimate of drug-likeness (QED) is 0.169. The molecule has 1 heterocycles. The second kappa shape index (κ2) is 14.0. The predicted molar refractivity (Wildman–Crippen MR) is 168 cm³/mol. The van der Waals surface area contributed by atoms with Crippen LogP contribution < -0.4 is 9.47 Å². The molecule has 0 spiro atoms. The predicted octanol–water partition coefficient (Wildman–Crippen LogP) is 8.08. The van der Waals surface area contributed by atoms with Crippen LogP contribution in [0.25, 0.3) is 0 Å². The summed E-state index contributed by atoms with van der Waals surface area (Å²) in [6, 6.07) is 4.18. The van der Waals surface area contributed by atoms with Crippen molar-refractivity contribution in [1.29, 1.82) is 0 Å². The molecular formula is C32H51NO6SSi. The van der Waals surface area contributed by atoms with Crippen molar-refractivity contribution in [1.82, 2.24) is 4.98 Å². The van der Waals surface area contributed by atoms with Crippen LogP contribution in [0.15, 0.2) is 12.1 Å². The van der Waals surface area contributed by atoms with Gasteiger partial charge in [0.05, 0.1) is 56.3 Å². The Balaban J connectivity index is 2.03. The van der Waals surface area contributed by atoms with Crippen LogP contribution in [0.4, 0.5) is 0 Å². The summed E-state index contributed by atoms with van der Waals surface area (Å²) in [6.45, 7) is 17.3. The van der Waals surface area contributed by atoms with Gasteiger partial charge >= 0.3 is 5.97 Å². The molecule has 0 bridgehead atoms. The minimum absolute atomic E-state index is 0.0212. The topological polar surface area (TPSA) is 76.1 Å². The number of aryl methyl sites for hydroxylation is 2. The van der Waals surface area contributed by atoms with Gasteiger partial charge in [0.15, 0.2) is 8.32 Å². The average molecular weight is 606 g/mol. The van der Waals surface area contributed by atoms with Gasteiger partial charge in [0, 0.05) is 16.9 Å². The minimum Gasteiger partial charge on any atom is -0.496 e. The molecule has 1 fully saturated rings. The number of methoxy groups -OCH3 is 3. The highest BCUT2D eigenvalue weighted by molar-refractivity contribution is 7.11. The molecule has 0 saturated heterocycles. The first-order valence-electron chi connectivity index (χ1n) is 14.8. The molecule has 0 radical (unpaired) electrons. The van der Waals surface area contributed by atoms with Crippen LogP contribution in [0.3, 0.4) is 0 Å². The van der Waals surface area contributed by atoms with Gasteiger partial charge in [-0.2, -0.15) is 0 Å². The zero-order valence-corrected chi connectivity index (χ0v) is 28.8. The molecule has 1 aliphatic carbocycles. The Morgan fingerprint density at radius 1 is 1.07 bits per heavy atom. The average Bonchev–Trinajstić information content (AvgIpc) is 3.57. The highest BCUT2D eigenvalue weighted by atomic mass is 32.1. The molecule has 1 aromatic heterocycles. The Morgan fingerprint density at radius 3 is 2.17 bits per heavy atom. The van der Waals surface area contributed by atoms with Crippen LogP contribution in [0, 0.1) is 13.8 Å². The number of ether oxygens (including phenoxy) is 4. The number of nitrogens with zero attached hydrogens (tertiary/aromatic N) is 1. The first-order chi connectivity index (χ1) is 19.2. The lowest BCUT2D eigenvalue weighted by Crippen LogP contribution is -2.45. The van der Waals surface area contributed by atoms with Crippen molar-refractivity contribution in [2.45, 2.75) is 122 Å². The van der Waals surface area contributed by atoms with E-state index >= 15 is 0 Å². The molecule has 0 N–H and O–H groups in total. The maximum atomic E-state index is 12.2. The van der Waals surface area contributed by atoms with E-state index in [0.717, 1.165) is 63.9 Å². The number of carbonyl (C=O) groups is 1. The van der Waals surface area contributed by atoms with Gasteiger partial charge in [-0.3, -0.25) is 4.79 Å². The van der Waals surface area contributed by atoms with Crippen molar-refractivity contribution in [3.63, 3.8) is 0 Å². The number of rotatable bonds is 13. The second-order valence-corrected chi connectivity index (χ2v) is 18.8. The summed E-state index contributed by atoms with van der Waals surface area (Å²) < 4.78 is 30.7. The monoisotopic (exact) mass is 605 g/mol. The number of benzene rings is 1. The fourth-order valence-corrected chi connectivity index (χ4v) is 7.53. The van der Waals surface area contributed by atoms with E-state index in [2.05, 4.69) is 46.0 Å². The molecule has 1 saturated carbocycles. The Kier molecular flexibility index (Phi) is 11.5. The molecule has 1 unspecified atom stereocenters. The fourth-order valence-electron chi connectivity index (χ4n) is 5.21. The molecule has 3 atom stereocenters. The maximum absolute atomic E-state index is 12.2. The standard InChI is InChI=1S/C32H51NO6SSi/c1-20-26(35-7)18-23(19-27(20)36-8)30(39-41(10,11)32(4,5)6)25(38-24-14-12-13-15-24)16-17-28-33-29(22(3)40-28)21(2)31(34)37-9/h18-19,21,24-25,30H,12-17H2,1-11H3/t21?,25-,30+/m0/s1. The van der Waals surface area contributed by atoms with Crippen LogP contribution in [0.2, 0.25) is 18.1 Å². The molecule has 0 aliphatic heterocycles. The zero-order chi connectivity index (χ0) is 30.5. The van der Waals surface area contributed by atoms with Gasteiger partial charge in [0.1, 0.15) is 11.5 Å². The van der Waals surface area contributed by atoms with Gasteiger partial charge in [-0.15, -0.1) is 11.3 Å². The van der Waals surface area contributed by atoms with Crippen molar-refractivity contribution in [2.75, 3.05) is 21.3 Å². The Labute approximate surface area is 252 Å².